The first-order valence-corrected chi connectivity index (χ1v) is 9.59. The summed E-state index contributed by atoms with van der Waals surface area (Å²) in [6.07, 6.45) is 4.22. The number of hydrogen-bond acceptors (Lipinski definition) is 3. The normalized spacial score (nSPS) is 20.1. The number of halogens is 2. The highest BCUT2D eigenvalue weighted by molar-refractivity contribution is 7.89. The van der Waals surface area contributed by atoms with E-state index in [-0.39, 0.29) is 5.91 Å². The van der Waals surface area contributed by atoms with E-state index in [0.717, 1.165) is 31.0 Å². The van der Waals surface area contributed by atoms with Crippen molar-refractivity contribution in [3.63, 3.8) is 0 Å². The molecule has 2 fully saturated rings. The van der Waals surface area contributed by atoms with Gasteiger partial charge in [0, 0.05) is 6.54 Å². The summed E-state index contributed by atoms with van der Waals surface area (Å²) in [7, 11) is -4.35. The minimum absolute atomic E-state index is 0.347. The summed E-state index contributed by atoms with van der Waals surface area (Å²) < 4.78 is 54.6. The fourth-order valence-electron chi connectivity index (χ4n) is 3.09. The van der Waals surface area contributed by atoms with Gasteiger partial charge in [-0.15, -0.1) is 0 Å². The molecule has 0 spiro atoms. The molecule has 0 aromatic heterocycles. The third-order valence-electron chi connectivity index (χ3n) is 4.68. The number of hydrogen-bond donors (Lipinski definition) is 2. The molecular weight excluding hydrogens is 338 g/mol. The van der Waals surface area contributed by atoms with E-state index >= 15 is 0 Å². The summed E-state index contributed by atoms with van der Waals surface area (Å²) >= 11 is 0. The van der Waals surface area contributed by atoms with Gasteiger partial charge in [0.2, 0.25) is 15.9 Å². The lowest BCUT2D eigenvalue weighted by atomic mass is 9.98. The fraction of sp³-hybridized carbons (Fsp3) is 0.562. The molecule has 5 nitrogen and oxygen atoms in total. The van der Waals surface area contributed by atoms with Crippen LogP contribution in [-0.4, -0.2) is 26.4 Å². The number of benzene rings is 1. The minimum Gasteiger partial charge on any atom is -0.354 e. The zero-order valence-corrected chi connectivity index (χ0v) is 14.0. The minimum atomic E-state index is -4.35. The van der Waals surface area contributed by atoms with Crippen molar-refractivity contribution in [2.75, 3.05) is 6.54 Å². The van der Waals surface area contributed by atoms with Gasteiger partial charge < -0.3 is 5.32 Å². The summed E-state index contributed by atoms with van der Waals surface area (Å²) in [5.74, 6) is -2.59. The van der Waals surface area contributed by atoms with Crippen molar-refractivity contribution in [2.24, 2.45) is 5.92 Å². The van der Waals surface area contributed by atoms with E-state index < -0.39 is 32.1 Å². The Morgan fingerprint density at radius 3 is 2.50 bits per heavy atom. The van der Waals surface area contributed by atoms with Gasteiger partial charge in [-0.25, -0.2) is 17.2 Å². The van der Waals surface area contributed by atoms with Gasteiger partial charge in [-0.1, -0.05) is 18.9 Å². The molecule has 1 amide bonds. The Labute approximate surface area is 139 Å². The molecule has 2 saturated carbocycles. The summed E-state index contributed by atoms with van der Waals surface area (Å²) in [5.41, 5.74) is -1.29. The van der Waals surface area contributed by atoms with E-state index in [0.29, 0.717) is 38.1 Å². The predicted molar refractivity (Wildman–Crippen MR) is 83.6 cm³/mol. The first kappa shape index (κ1) is 17.3. The SMILES string of the molecule is O=C(NCC1CC1)C1(NS(=O)(=O)c2cccc(F)c2F)CCCC1. The molecule has 3 rings (SSSR count). The average Bonchev–Trinajstić information content (AvgIpc) is 3.25. The van der Waals surface area contributed by atoms with E-state index in [2.05, 4.69) is 10.0 Å². The van der Waals surface area contributed by atoms with Crippen LogP contribution in [0.4, 0.5) is 8.78 Å². The third kappa shape index (κ3) is 3.44. The number of amides is 1. The Kier molecular flexibility index (Phi) is 4.61. The van der Waals surface area contributed by atoms with Gasteiger partial charge in [0.05, 0.1) is 0 Å². The predicted octanol–water partition coefficient (Wildman–Crippen LogP) is 2.08. The third-order valence-corrected chi connectivity index (χ3v) is 6.23. The topological polar surface area (TPSA) is 75.3 Å². The second-order valence-electron chi connectivity index (χ2n) is 6.60. The quantitative estimate of drug-likeness (QED) is 0.818. The van der Waals surface area contributed by atoms with Crippen molar-refractivity contribution in [3.8, 4) is 0 Å². The van der Waals surface area contributed by atoms with Gasteiger partial charge in [0.15, 0.2) is 11.6 Å². The molecule has 0 atom stereocenters. The van der Waals surface area contributed by atoms with Gasteiger partial charge in [0.1, 0.15) is 10.4 Å². The lowest BCUT2D eigenvalue weighted by Gasteiger charge is -2.28. The number of sulfonamides is 1. The maximum Gasteiger partial charge on any atom is 0.244 e. The van der Waals surface area contributed by atoms with Crippen molar-refractivity contribution < 1.29 is 22.0 Å². The Balaban J connectivity index is 1.83. The molecule has 2 N–H and O–H groups in total. The zero-order chi connectivity index (χ0) is 17.4. The highest BCUT2D eigenvalue weighted by Crippen LogP contribution is 2.33. The van der Waals surface area contributed by atoms with Crippen molar-refractivity contribution >= 4 is 15.9 Å². The van der Waals surface area contributed by atoms with Gasteiger partial charge in [-0.2, -0.15) is 4.72 Å². The number of rotatable bonds is 6. The first-order chi connectivity index (χ1) is 11.3. The highest BCUT2D eigenvalue weighted by Gasteiger charge is 2.45. The molecule has 0 aliphatic heterocycles. The molecule has 0 unspecified atom stereocenters. The summed E-state index contributed by atoms with van der Waals surface area (Å²) in [6, 6.07) is 2.97. The van der Waals surface area contributed by atoms with Crippen molar-refractivity contribution in [3.05, 3.63) is 29.8 Å². The van der Waals surface area contributed by atoms with Crippen LogP contribution in [-0.2, 0) is 14.8 Å². The zero-order valence-electron chi connectivity index (χ0n) is 13.1. The van der Waals surface area contributed by atoms with Gasteiger partial charge in [0.25, 0.3) is 0 Å². The van der Waals surface area contributed by atoms with Crippen molar-refractivity contribution in [2.45, 2.75) is 49.0 Å². The molecule has 1 aromatic rings. The number of carbonyl (C=O) groups is 1. The molecule has 0 heterocycles. The number of nitrogens with one attached hydrogen (secondary N) is 2. The lowest BCUT2D eigenvalue weighted by Crippen LogP contribution is -2.57. The maximum absolute atomic E-state index is 13.9. The maximum atomic E-state index is 13.9. The lowest BCUT2D eigenvalue weighted by molar-refractivity contribution is -0.126. The van der Waals surface area contributed by atoms with Gasteiger partial charge in [-0.3, -0.25) is 4.79 Å². The van der Waals surface area contributed by atoms with Crippen LogP contribution in [0.1, 0.15) is 38.5 Å². The smallest absolute Gasteiger partial charge is 0.244 e. The highest BCUT2D eigenvalue weighted by atomic mass is 32.2. The molecule has 24 heavy (non-hydrogen) atoms. The largest absolute Gasteiger partial charge is 0.354 e. The van der Waals surface area contributed by atoms with Crippen molar-refractivity contribution in [1.29, 1.82) is 0 Å². The van der Waals surface area contributed by atoms with E-state index in [1.165, 1.54) is 0 Å². The van der Waals surface area contributed by atoms with Crippen LogP contribution in [0, 0.1) is 17.6 Å². The molecule has 8 heteroatoms. The van der Waals surface area contributed by atoms with E-state index in [1.54, 1.807) is 0 Å². The molecular formula is C16H20F2N2O3S. The van der Waals surface area contributed by atoms with E-state index in [1.807, 2.05) is 0 Å². The van der Waals surface area contributed by atoms with Crippen LogP contribution < -0.4 is 10.0 Å². The second kappa shape index (κ2) is 6.40. The molecule has 0 saturated heterocycles. The Morgan fingerprint density at radius 2 is 1.88 bits per heavy atom. The first-order valence-electron chi connectivity index (χ1n) is 8.10. The van der Waals surface area contributed by atoms with Crippen LogP contribution >= 0.6 is 0 Å². The van der Waals surface area contributed by atoms with Crippen molar-refractivity contribution in [1.82, 2.24) is 10.0 Å². The molecule has 2 aliphatic rings. The Hall–Kier alpha value is -1.54. The Morgan fingerprint density at radius 1 is 1.21 bits per heavy atom. The van der Waals surface area contributed by atoms with Gasteiger partial charge in [-0.05, 0) is 43.7 Å². The average molecular weight is 358 g/mol. The molecule has 132 valence electrons. The molecule has 0 radical (unpaired) electrons. The summed E-state index contributed by atoms with van der Waals surface area (Å²) in [6.45, 7) is 0.524. The van der Waals surface area contributed by atoms with Crippen LogP contribution in [0.15, 0.2) is 23.1 Å². The van der Waals surface area contributed by atoms with Gasteiger partial charge >= 0.3 is 0 Å². The standard InChI is InChI=1S/C16H20F2N2O3S/c17-12-4-3-5-13(14(12)18)24(22,23)20-16(8-1-2-9-16)15(21)19-10-11-6-7-11/h3-5,11,20H,1-2,6-10H2,(H,19,21). The second-order valence-corrected chi connectivity index (χ2v) is 8.25. The van der Waals surface area contributed by atoms with Crippen LogP contribution in [0.25, 0.3) is 0 Å². The van der Waals surface area contributed by atoms with Crippen LogP contribution in [0.5, 0.6) is 0 Å². The summed E-state index contributed by atoms with van der Waals surface area (Å²) in [4.78, 5) is 11.8. The van der Waals surface area contributed by atoms with E-state index in [4.69, 9.17) is 0 Å². The van der Waals surface area contributed by atoms with Crippen LogP contribution in [0.2, 0.25) is 0 Å². The van der Waals surface area contributed by atoms with E-state index in [9.17, 15) is 22.0 Å². The monoisotopic (exact) mass is 358 g/mol. The number of carbonyl (C=O) groups excluding carboxylic acids is 1. The van der Waals surface area contributed by atoms with Crippen LogP contribution in [0.3, 0.4) is 0 Å². The molecule has 0 bridgehead atoms. The molecule has 2 aliphatic carbocycles. The summed E-state index contributed by atoms with van der Waals surface area (Å²) in [5, 5.41) is 2.79. The Bertz CT molecular complexity index is 742. The fourth-order valence-corrected chi connectivity index (χ4v) is 4.60. The molecule has 1 aromatic carbocycles.